The van der Waals surface area contributed by atoms with E-state index in [-0.39, 0.29) is 11.5 Å². The molecule has 5 heteroatoms. The molecule has 1 atom stereocenters. The number of hydrogen-bond acceptors (Lipinski definition) is 4. The van der Waals surface area contributed by atoms with Gasteiger partial charge in [-0.15, -0.1) is 0 Å². The Bertz CT molecular complexity index is 605. The number of hydrogen-bond donors (Lipinski definition) is 2. The molecule has 0 spiro atoms. The first kappa shape index (κ1) is 18.2. The number of nitrogens with one attached hydrogen (secondary N) is 1. The molecule has 2 fully saturated rings. The van der Waals surface area contributed by atoms with Crippen LogP contribution in [-0.2, 0) is 4.74 Å². The van der Waals surface area contributed by atoms with Gasteiger partial charge in [0.1, 0.15) is 0 Å². The van der Waals surface area contributed by atoms with Gasteiger partial charge < -0.3 is 20.1 Å². The van der Waals surface area contributed by atoms with Gasteiger partial charge in [-0.25, -0.2) is 0 Å². The molecule has 5 nitrogen and oxygen atoms in total. The molecular formula is C20H30N2O3. The molecule has 1 unspecified atom stereocenters. The van der Waals surface area contributed by atoms with Crippen molar-refractivity contribution in [1.29, 1.82) is 0 Å². The van der Waals surface area contributed by atoms with E-state index < -0.39 is 6.10 Å². The lowest BCUT2D eigenvalue weighted by molar-refractivity contribution is -0.0953. The molecule has 25 heavy (non-hydrogen) atoms. The Morgan fingerprint density at radius 3 is 2.76 bits per heavy atom. The number of aliphatic hydroxyl groups excluding tert-OH is 1. The Morgan fingerprint density at radius 1 is 1.32 bits per heavy atom. The summed E-state index contributed by atoms with van der Waals surface area (Å²) in [6.45, 7) is 7.41. The molecular weight excluding hydrogens is 316 g/mol. The quantitative estimate of drug-likeness (QED) is 0.880. The molecule has 2 N–H and O–H groups in total. The van der Waals surface area contributed by atoms with Crippen molar-refractivity contribution in [3.63, 3.8) is 0 Å². The van der Waals surface area contributed by atoms with Crippen LogP contribution in [0, 0.1) is 0 Å². The summed E-state index contributed by atoms with van der Waals surface area (Å²) < 4.78 is 5.97. The highest BCUT2D eigenvalue weighted by molar-refractivity contribution is 5.95. The number of carbonyl (C=O) groups excluding carboxylic acids is 1. The molecule has 0 aromatic heterocycles. The third kappa shape index (κ3) is 4.95. The number of nitrogens with zero attached hydrogens (tertiary/aromatic N) is 1. The molecule has 138 valence electrons. The minimum absolute atomic E-state index is 0.00459. The first-order valence-corrected chi connectivity index (χ1v) is 9.32. The van der Waals surface area contributed by atoms with Crippen LogP contribution in [0.3, 0.4) is 0 Å². The van der Waals surface area contributed by atoms with Gasteiger partial charge in [0.2, 0.25) is 0 Å². The maximum atomic E-state index is 12.6. The summed E-state index contributed by atoms with van der Waals surface area (Å²) in [5.41, 5.74) is 1.56. The van der Waals surface area contributed by atoms with E-state index in [0.29, 0.717) is 24.3 Å². The Labute approximate surface area is 150 Å². The first-order valence-electron chi connectivity index (χ1n) is 9.32. The van der Waals surface area contributed by atoms with Crippen molar-refractivity contribution in [3.05, 3.63) is 29.8 Å². The van der Waals surface area contributed by atoms with Crippen LogP contribution >= 0.6 is 0 Å². The van der Waals surface area contributed by atoms with Gasteiger partial charge in [0.25, 0.3) is 5.91 Å². The van der Waals surface area contributed by atoms with Crippen LogP contribution in [0.2, 0.25) is 0 Å². The summed E-state index contributed by atoms with van der Waals surface area (Å²) in [5, 5.41) is 13.3. The van der Waals surface area contributed by atoms with Crippen LogP contribution in [0.4, 0.5) is 5.69 Å². The topological polar surface area (TPSA) is 61.8 Å². The van der Waals surface area contributed by atoms with Crippen LogP contribution in [0.5, 0.6) is 0 Å². The van der Waals surface area contributed by atoms with E-state index >= 15 is 0 Å². The Hall–Kier alpha value is -1.59. The highest BCUT2D eigenvalue weighted by Crippen LogP contribution is 2.30. The number of β-amino-alcohol motifs (C(OH)–C–C–N with tert-alkyl or cyclic N) is 1. The van der Waals surface area contributed by atoms with Gasteiger partial charge >= 0.3 is 0 Å². The van der Waals surface area contributed by atoms with E-state index in [1.54, 1.807) is 4.90 Å². The lowest BCUT2D eigenvalue weighted by atomic mass is 9.88. The van der Waals surface area contributed by atoms with Crippen molar-refractivity contribution < 1.29 is 14.6 Å². The number of carbonyl (C=O) groups is 1. The molecule has 1 aromatic carbocycles. The molecule has 0 bridgehead atoms. The second-order valence-corrected chi connectivity index (χ2v) is 8.29. The number of ether oxygens (including phenoxy) is 1. The SMILES string of the molecule is CC(C)(C)OC1CC(Nc2cccc(C(=O)N3CCCC(O)C3)c2)C1. The van der Waals surface area contributed by atoms with E-state index in [1.165, 1.54) is 0 Å². The number of amides is 1. The minimum Gasteiger partial charge on any atom is -0.391 e. The maximum absolute atomic E-state index is 12.6. The molecule has 2 aliphatic rings. The first-order chi connectivity index (χ1) is 11.8. The minimum atomic E-state index is -0.395. The van der Waals surface area contributed by atoms with Gasteiger partial charge in [0, 0.05) is 30.4 Å². The van der Waals surface area contributed by atoms with E-state index in [9.17, 15) is 9.90 Å². The Morgan fingerprint density at radius 2 is 2.08 bits per heavy atom. The molecule has 1 aliphatic heterocycles. The van der Waals surface area contributed by atoms with Crippen molar-refractivity contribution in [2.24, 2.45) is 0 Å². The summed E-state index contributed by atoms with van der Waals surface area (Å²) >= 11 is 0. The fourth-order valence-corrected chi connectivity index (χ4v) is 3.58. The second kappa shape index (κ2) is 7.34. The van der Waals surface area contributed by atoms with Crippen molar-refractivity contribution in [2.75, 3.05) is 18.4 Å². The molecule has 1 heterocycles. The van der Waals surface area contributed by atoms with Gasteiger partial charge in [-0.05, 0) is 64.7 Å². The molecule has 1 amide bonds. The summed E-state index contributed by atoms with van der Waals surface area (Å²) in [7, 11) is 0. The highest BCUT2D eigenvalue weighted by Gasteiger charge is 2.33. The number of likely N-dealkylation sites (tertiary alicyclic amines) is 1. The summed E-state index contributed by atoms with van der Waals surface area (Å²) in [4.78, 5) is 14.4. The van der Waals surface area contributed by atoms with E-state index in [4.69, 9.17) is 4.74 Å². The molecule has 1 aliphatic carbocycles. The van der Waals surface area contributed by atoms with Gasteiger partial charge in [0.15, 0.2) is 0 Å². The number of piperidine rings is 1. The summed E-state index contributed by atoms with van der Waals surface area (Å²) in [5.74, 6) is 0.00459. The van der Waals surface area contributed by atoms with Crippen LogP contribution < -0.4 is 5.32 Å². The van der Waals surface area contributed by atoms with Gasteiger partial charge in [-0.2, -0.15) is 0 Å². The van der Waals surface area contributed by atoms with Crippen molar-refractivity contribution in [3.8, 4) is 0 Å². The van der Waals surface area contributed by atoms with Crippen LogP contribution in [-0.4, -0.2) is 52.9 Å². The monoisotopic (exact) mass is 346 g/mol. The molecule has 0 radical (unpaired) electrons. The average Bonchev–Trinajstić information content (AvgIpc) is 2.51. The van der Waals surface area contributed by atoms with Crippen LogP contribution in [0.25, 0.3) is 0 Å². The maximum Gasteiger partial charge on any atom is 0.254 e. The van der Waals surface area contributed by atoms with E-state index in [1.807, 2.05) is 24.3 Å². The zero-order valence-electron chi connectivity index (χ0n) is 15.5. The van der Waals surface area contributed by atoms with Crippen LogP contribution in [0.15, 0.2) is 24.3 Å². The number of aliphatic hydroxyl groups is 1. The van der Waals surface area contributed by atoms with Crippen LogP contribution in [0.1, 0.15) is 56.8 Å². The Kier molecular flexibility index (Phi) is 5.35. The fourth-order valence-electron chi connectivity index (χ4n) is 3.58. The largest absolute Gasteiger partial charge is 0.391 e. The van der Waals surface area contributed by atoms with Gasteiger partial charge in [0.05, 0.1) is 17.8 Å². The third-order valence-corrected chi connectivity index (χ3v) is 4.78. The summed E-state index contributed by atoms with van der Waals surface area (Å²) in [6.07, 6.45) is 3.56. The van der Waals surface area contributed by atoms with Crippen molar-refractivity contribution in [2.45, 2.75) is 70.3 Å². The summed E-state index contributed by atoms with van der Waals surface area (Å²) in [6, 6.07) is 8.08. The zero-order chi connectivity index (χ0) is 18.0. The van der Waals surface area contributed by atoms with Crippen molar-refractivity contribution in [1.82, 2.24) is 4.90 Å². The molecule has 1 saturated heterocycles. The van der Waals surface area contributed by atoms with Gasteiger partial charge in [-0.3, -0.25) is 4.79 Å². The van der Waals surface area contributed by atoms with Gasteiger partial charge in [-0.1, -0.05) is 6.07 Å². The molecule has 1 aromatic rings. The highest BCUT2D eigenvalue weighted by atomic mass is 16.5. The average molecular weight is 346 g/mol. The van der Waals surface area contributed by atoms with E-state index in [2.05, 4.69) is 26.1 Å². The zero-order valence-corrected chi connectivity index (χ0v) is 15.5. The number of benzene rings is 1. The lowest BCUT2D eigenvalue weighted by Crippen LogP contribution is -2.44. The predicted octanol–water partition coefficient (Wildman–Crippen LogP) is 3.04. The lowest BCUT2D eigenvalue weighted by Gasteiger charge is -2.40. The Balaban J connectivity index is 1.55. The number of anilines is 1. The predicted molar refractivity (Wildman–Crippen MR) is 98.9 cm³/mol. The smallest absolute Gasteiger partial charge is 0.254 e. The van der Waals surface area contributed by atoms with Crippen molar-refractivity contribution >= 4 is 11.6 Å². The third-order valence-electron chi connectivity index (χ3n) is 4.78. The fraction of sp³-hybridized carbons (Fsp3) is 0.650. The second-order valence-electron chi connectivity index (χ2n) is 8.29. The normalized spacial score (nSPS) is 26.9. The molecule has 3 rings (SSSR count). The molecule has 1 saturated carbocycles. The number of rotatable bonds is 4. The van der Waals surface area contributed by atoms with E-state index in [0.717, 1.165) is 37.9 Å². The standard InChI is InChI=1S/C20H30N2O3/c1-20(2,3)25-18-11-16(12-18)21-15-7-4-6-14(10-15)19(24)22-9-5-8-17(23)13-22/h4,6-7,10,16-18,21,23H,5,8-9,11-13H2,1-3H3.